The molecule has 2 rings (SSSR count). The zero-order chi connectivity index (χ0) is 15.4. The molecule has 0 aromatic heterocycles. The molecule has 0 radical (unpaired) electrons. The van der Waals surface area contributed by atoms with Crippen molar-refractivity contribution in [1.29, 1.82) is 0 Å². The van der Waals surface area contributed by atoms with Gasteiger partial charge >= 0.3 is 0 Å². The van der Waals surface area contributed by atoms with E-state index in [0.717, 1.165) is 36.9 Å². The molecule has 114 valence electrons. The van der Waals surface area contributed by atoms with Crippen LogP contribution in [-0.2, 0) is 4.79 Å². The second-order valence-electron chi connectivity index (χ2n) is 6.37. The molecule has 1 aromatic carbocycles. The Morgan fingerprint density at radius 1 is 1.14 bits per heavy atom. The lowest BCUT2D eigenvalue weighted by molar-refractivity contribution is -0.120. The van der Waals surface area contributed by atoms with Gasteiger partial charge in [0.15, 0.2) is 5.78 Å². The van der Waals surface area contributed by atoms with Gasteiger partial charge in [-0.05, 0) is 62.7 Å². The summed E-state index contributed by atoms with van der Waals surface area (Å²) >= 11 is 0. The van der Waals surface area contributed by atoms with E-state index < -0.39 is 0 Å². The summed E-state index contributed by atoms with van der Waals surface area (Å²) in [6.07, 6.45) is 5.13. The molecule has 21 heavy (non-hydrogen) atoms. The third kappa shape index (κ3) is 4.18. The Balaban J connectivity index is 2.13. The number of rotatable bonds is 4. The molecule has 1 fully saturated rings. The molecule has 3 nitrogen and oxygen atoms in total. The summed E-state index contributed by atoms with van der Waals surface area (Å²) in [7, 11) is 8.13. The third-order valence-corrected chi connectivity index (χ3v) is 4.02. The molecule has 1 aromatic rings. The van der Waals surface area contributed by atoms with Crippen LogP contribution in [0.25, 0.3) is 6.08 Å². The van der Waals surface area contributed by atoms with Crippen molar-refractivity contribution in [2.45, 2.75) is 19.3 Å². The molecule has 1 atom stereocenters. The average Bonchev–Trinajstić information content (AvgIpc) is 2.43. The number of hydrogen-bond donors (Lipinski definition) is 0. The quantitative estimate of drug-likeness (QED) is 0.795. The maximum absolute atomic E-state index is 12.5. The fourth-order valence-electron chi connectivity index (χ4n) is 2.88. The van der Waals surface area contributed by atoms with Crippen molar-refractivity contribution < 1.29 is 4.79 Å². The number of Topliss-reactive ketones (excluding diaryl/α,β-unsaturated/α-hetero) is 1. The Morgan fingerprint density at radius 3 is 2.38 bits per heavy atom. The van der Waals surface area contributed by atoms with Crippen molar-refractivity contribution >= 4 is 17.5 Å². The SMILES string of the molecule is CN(C)C[C@H]1CCC/C(=C/c2ccc(N(C)C)cc2)C1=O. The number of hydrogen-bond acceptors (Lipinski definition) is 3. The first-order chi connectivity index (χ1) is 9.97. The van der Waals surface area contributed by atoms with Crippen LogP contribution >= 0.6 is 0 Å². The number of nitrogens with zero attached hydrogens (tertiary/aromatic N) is 2. The fourth-order valence-corrected chi connectivity index (χ4v) is 2.88. The minimum Gasteiger partial charge on any atom is -0.378 e. The summed E-state index contributed by atoms with van der Waals surface area (Å²) < 4.78 is 0. The Labute approximate surface area is 128 Å². The highest BCUT2D eigenvalue weighted by Crippen LogP contribution is 2.27. The van der Waals surface area contributed by atoms with Gasteiger partial charge in [0.2, 0.25) is 0 Å². The Kier molecular flexibility index (Phi) is 5.18. The second kappa shape index (κ2) is 6.90. The summed E-state index contributed by atoms with van der Waals surface area (Å²) in [4.78, 5) is 16.7. The van der Waals surface area contributed by atoms with Gasteiger partial charge in [-0.25, -0.2) is 0 Å². The van der Waals surface area contributed by atoms with Crippen molar-refractivity contribution in [2.24, 2.45) is 5.92 Å². The van der Waals surface area contributed by atoms with Crippen LogP contribution in [0.4, 0.5) is 5.69 Å². The van der Waals surface area contributed by atoms with Gasteiger partial charge in [0, 0.05) is 32.2 Å². The molecule has 0 aliphatic heterocycles. The number of allylic oxidation sites excluding steroid dienone is 1. The number of benzene rings is 1. The van der Waals surface area contributed by atoms with Crippen LogP contribution < -0.4 is 4.90 Å². The number of anilines is 1. The van der Waals surface area contributed by atoms with E-state index in [4.69, 9.17) is 0 Å². The van der Waals surface area contributed by atoms with Crippen LogP contribution in [0.15, 0.2) is 29.8 Å². The summed E-state index contributed by atoms with van der Waals surface area (Å²) in [6.45, 7) is 0.857. The maximum Gasteiger partial charge on any atom is 0.163 e. The van der Waals surface area contributed by atoms with Crippen LogP contribution in [0.2, 0.25) is 0 Å². The molecule has 1 aliphatic carbocycles. The van der Waals surface area contributed by atoms with E-state index in [1.165, 1.54) is 5.69 Å². The molecule has 0 saturated heterocycles. The monoisotopic (exact) mass is 286 g/mol. The largest absolute Gasteiger partial charge is 0.378 e. The molecular formula is C18H26N2O. The zero-order valence-corrected chi connectivity index (χ0v) is 13.6. The molecule has 0 spiro atoms. The van der Waals surface area contributed by atoms with Gasteiger partial charge < -0.3 is 9.80 Å². The van der Waals surface area contributed by atoms with Crippen LogP contribution in [-0.4, -0.2) is 45.4 Å². The first kappa shape index (κ1) is 15.8. The van der Waals surface area contributed by atoms with E-state index in [9.17, 15) is 4.79 Å². The lowest BCUT2D eigenvalue weighted by Gasteiger charge is -2.25. The van der Waals surface area contributed by atoms with Gasteiger partial charge in [-0.3, -0.25) is 4.79 Å². The van der Waals surface area contributed by atoms with Gasteiger partial charge in [-0.2, -0.15) is 0 Å². The summed E-state index contributed by atoms with van der Waals surface area (Å²) in [5.41, 5.74) is 3.29. The van der Waals surface area contributed by atoms with Gasteiger partial charge in [0.25, 0.3) is 0 Å². The fraction of sp³-hybridized carbons (Fsp3) is 0.500. The highest BCUT2D eigenvalue weighted by molar-refractivity contribution is 6.01. The number of ketones is 1. The number of carbonyl (C=O) groups is 1. The molecule has 0 N–H and O–H groups in total. The molecule has 1 aliphatic rings. The van der Waals surface area contributed by atoms with Crippen LogP contribution in [0.1, 0.15) is 24.8 Å². The zero-order valence-electron chi connectivity index (χ0n) is 13.6. The predicted molar refractivity (Wildman–Crippen MR) is 89.6 cm³/mol. The van der Waals surface area contributed by atoms with E-state index in [2.05, 4.69) is 40.1 Å². The molecule has 1 saturated carbocycles. The third-order valence-electron chi connectivity index (χ3n) is 4.02. The van der Waals surface area contributed by atoms with Crippen LogP contribution in [0.3, 0.4) is 0 Å². The lowest BCUT2D eigenvalue weighted by Crippen LogP contribution is -2.31. The smallest absolute Gasteiger partial charge is 0.163 e. The maximum atomic E-state index is 12.5. The summed E-state index contributed by atoms with van der Waals surface area (Å²) in [5, 5.41) is 0. The standard InChI is InChI=1S/C18H26N2O/c1-19(2)13-16-7-5-6-15(18(16)21)12-14-8-10-17(11-9-14)20(3)4/h8-12,16H,5-7,13H2,1-4H3/b15-12-/t16-/m1/s1. The van der Waals surface area contributed by atoms with Crippen LogP contribution in [0, 0.1) is 5.92 Å². The minimum absolute atomic E-state index is 0.168. The van der Waals surface area contributed by atoms with Crippen LogP contribution in [0.5, 0.6) is 0 Å². The van der Waals surface area contributed by atoms with Gasteiger partial charge in [-0.15, -0.1) is 0 Å². The van der Waals surface area contributed by atoms with E-state index in [-0.39, 0.29) is 5.92 Å². The van der Waals surface area contributed by atoms with Crippen molar-refractivity contribution in [3.8, 4) is 0 Å². The Bertz CT molecular complexity index is 515. The Hall–Kier alpha value is -1.61. The van der Waals surface area contributed by atoms with Crippen molar-refractivity contribution in [1.82, 2.24) is 4.90 Å². The van der Waals surface area contributed by atoms with Gasteiger partial charge in [0.1, 0.15) is 0 Å². The second-order valence-corrected chi connectivity index (χ2v) is 6.37. The van der Waals surface area contributed by atoms with Gasteiger partial charge in [-0.1, -0.05) is 12.1 Å². The average molecular weight is 286 g/mol. The van der Waals surface area contributed by atoms with E-state index in [1.807, 2.05) is 28.2 Å². The van der Waals surface area contributed by atoms with Crippen molar-refractivity contribution in [3.63, 3.8) is 0 Å². The topological polar surface area (TPSA) is 23.6 Å². The molecule has 3 heteroatoms. The van der Waals surface area contributed by atoms with E-state index in [0.29, 0.717) is 5.78 Å². The predicted octanol–water partition coefficient (Wildman–Crippen LogP) is 3.07. The first-order valence-corrected chi connectivity index (χ1v) is 7.64. The lowest BCUT2D eigenvalue weighted by atomic mass is 9.83. The molecule has 0 heterocycles. The first-order valence-electron chi connectivity index (χ1n) is 7.64. The minimum atomic E-state index is 0.168. The Morgan fingerprint density at radius 2 is 1.81 bits per heavy atom. The van der Waals surface area contributed by atoms with Gasteiger partial charge in [0.05, 0.1) is 0 Å². The van der Waals surface area contributed by atoms with Crippen molar-refractivity contribution in [2.75, 3.05) is 39.6 Å². The number of carbonyl (C=O) groups excluding carboxylic acids is 1. The van der Waals surface area contributed by atoms with Crippen molar-refractivity contribution in [3.05, 3.63) is 35.4 Å². The van der Waals surface area contributed by atoms with E-state index >= 15 is 0 Å². The summed E-state index contributed by atoms with van der Waals surface area (Å²) in [6, 6.07) is 8.37. The molecule has 0 unspecified atom stereocenters. The summed E-state index contributed by atoms with van der Waals surface area (Å²) in [5.74, 6) is 0.507. The highest BCUT2D eigenvalue weighted by Gasteiger charge is 2.26. The highest BCUT2D eigenvalue weighted by atomic mass is 16.1. The molecule has 0 amide bonds. The molecule has 0 bridgehead atoms. The van der Waals surface area contributed by atoms with E-state index in [1.54, 1.807) is 0 Å². The molecular weight excluding hydrogens is 260 g/mol. The normalized spacial score (nSPS) is 21.1.